The molecule has 4 heterocycles. The van der Waals surface area contributed by atoms with Crippen molar-refractivity contribution in [2.24, 2.45) is 5.41 Å². The fourth-order valence-corrected chi connectivity index (χ4v) is 4.62. The Morgan fingerprint density at radius 1 is 0.950 bits per heavy atom. The second kappa shape index (κ2) is 9.60. The van der Waals surface area contributed by atoms with Crippen LogP contribution >= 0.6 is 0 Å². The van der Waals surface area contributed by atoms with Gasteiger partial charge in [-0.2, -0.15) is 5.10 Å². The van der Waals surface area contributed by atoms with Crippen LogP contribution in [0.25, 0.3) is 55.6 Å². The van der Waals surface area contributed by atoms with Gasteiger partial charge in [-0.25, -0.2) is 4.39 Å². The van der Waals surface area contributed by atoms with E-state index in [1.54, 1.807) is 18.6 Å². The minimum atomic E-state index is -0.529. The van der Waals surface area contributed by atoms with Crippen LogP contribution < -0.4 is 10.1 Å². The number of anilines is 1. The number of ether oxygens (including phenoxy) is 1. The predicted octanol–water partition coefficient (Wildman–Crippen LogP) is 6.97. The molecular formula is C31H27FN6O2. The standard InChI is InChI=1S/C31H27FN6O2/c1-31(2,3)30(39)35-20-9-18(14-33-15-20)26-13-24-28(16-34-26)37-38-29(24)27-12-23-22(6-5-7-25(23)36-27)17-8-19(32)11-21(10-17)40-4/h5-16,36H,1-4H3,(H,35,39)(H,37,38). The zero-order valence-corrected chi connectivity index (χ0v) is 22.5. The first-order chi connectivity index (χ1) is 19.2. The Hall–Kier alpha value is -5.05. The van der Waals surface area contributed by atoms with Crippen LogP contribution in [0.15, 0.2) is 73.2 Å². The second-order valence-electron chi connectivity index (χ2n) is 10.7. The lowest BCUT2D eigenvalue weighted by atomic mass is 9.95. The Bertz CT molecular complexity index is 1900. The minimum Gasteiger partial charge on any atom is -0.497 e. The molecule has 0 atom stereocenters. The third kappa shape index (κ3) is 4.66. The van der Waals surface area contributed by atoms with E-state index in [0.717, 1.165) is 49.9 Å². The lowest BCUT2D eigenvalue weighted by Crippen LogP contribution is -2.27. The molecule has 4 aromatic heterocycles. The Morgan fingerprint density at radius 3 is 2.60 bits per heavy atom. The predicted molar refractivity (Wildman–Crippen MR) is 154 cm³/mol. The third-order valence-corrected chi connectivity index (χ3v) is 6.76. The molecule has 40 heavy (non-hydrogen) atoms. The smallest absolute Gasteiger partial charge is 0.229 e. The number of nitrogens with zero attached hydrogens (tertiary/aromatic N) is 3. The fraction of sp³-hybridized carbons (Fsp3) is 0.161. The number of benzene rings is 2. The van der Waals surface area contributed by atoms with Gasteiger partial charge in [0.2, 0.25) is 5.91 Å². The maximum absolute atomic E-state index is 14.3. The Labute approximate surface area is 229 Å². The maximum Gasteiger partial charge on any atom is 0.229 e. The van der Waals surface area contributed by atoms with Crippen LogP contribution in [0.2, 0.25) is 0 Å². The summed E-state index contributed by atoms with van der Waals surface area (Å²) in [5.41, 5.74) is 6.32. The number of nitrogens with one attached hydrogen (secondary N) is 3. The van der Waals surface area contributed by atoms with Crippen molar-refractivity contribution in [1.29, 1.82) is 0 Å². The molecule has 6 rings (SSSR count). The molecule has 200 valence electrons. The van der Waals surface area contributed by atoms with E-state index in [-0.39, 0.29) is 11.7 Å². The second-order valence-corrected chi connectivity index (χ2v) is 10.7. The van der Waals surface area contributed by atoms with Crippen LogP contribution in [0.4, 0.5) is 10.1 Å². The molecule has 0 saturated carbocycles. The molecule has 2 aromatic carbocycles. The number of methoxy groups -OCH3 is 1. The van der Waals surface area contributed by atoms with Gasteiger partial charge in [0, 0.05) is 39.5 Å². The van der Waals surface area contributed by atoms with Gasteiger partial charge in [-0.05, 0) is 47.5 Å². The van der Waals surface area contributed by atoms with Crippen molar-refractivity contribution >= 4 is 33.4 Å². The maximum atomic E-state index is 14.3. The van der Waals surface area contributed by atoms with Gasteiger partial charge in [0.1, 0.15) is 17.3 Å². The number of aromatic amines is 2. The summed E-state index contributed by atoms with van der Waals surface area (Å²) in [6, 6.07) is 16.4. The summed E-state index contributed by atoms with van der Waals surface area (Å²) in [5.74, 6) is -0.00330. The van der Waals surface area contributed by atoms with Crippen molar-refractivity contribution in [3.05, 3.63) is 79.0 Å². The van der Waals surface area contributed by atoms with Crippen LogP contribution in [-0.4, -0.2) is 38.2 Å². The molecule has 0 aliphatic carbocycles. The highest BCUT2D eigenvalue weighted by molar-refractivity contribution is 6.01. The molecular weight excluding hydrogens is 507 g/mol. The quantitative estimate of drug-likeness (QED) is 0.221. The summed E-state index contributed by atoms with van der Waals surface area (Å²) in [6.45, 7) is 5.58. The average molecular weight is 535 g/mol. The topological polar surface area (TPSA) is 109 Å². The number of carbonyl (C=O) groups excluding carboxylic acids is 1. The van der Waals surface area contributed by atoms with E-state index >= 15 is 0 Å². The summed E-state index contributed by atoms with van der Waals surface area (Å²) < 4.78 is 19.6. The molecule has 0 aliphatic rings. The summed E-state index contributed by atoms with van der Waals surface area (Å²) in [7, 11) is 1.52. The number of rotatable bonds is 5. The average Bonchev–Trinajstić information content (AvgIpc) is 3.56. The first kappa shape index (κ1) is 25.2. The molecule has 0 unspecified atom stereocenters. The molecule has 0 aliphatic heterocycles. The summed E-state index contributed by atoms with van der Waals surface area (Å²) in [6.07, 6.45) is 5.06. The number of fused-ring (bicyclic) bond motifs is 2. The molecule has 0 fully saturated rings. The zero-order chi connectivity index (χ0) is 28.0. The number of H-pyrrole nitrogens is 2. The molecule has 6 aromatic rings. The van der Waals surface area contributed by atoms with Gasteiger partial charge in [0.05, 0.1) is 42.1 Å². The van der Waals surface area contributed by atoms with Gasteiger partial charge in [-0.3, -0.25) is 19.9 Å². The number of hydrogen-bond donors (Lipinski definition) is 3. The number of pyridine rings is 2. The van der Waals surface area contributed by atoms with Gasteiger partial charge in [0.25, 0.3) is 0 Å². The Morgan fingerprint density at radius 2 is 1.80 bits per heavy atom. The first-order valence-corrected chi connectivity index (χ1v) is 12.8. The molecule has 9 heteroatoms. The fourth-order valence-electron chi connectivity index (χ4n) is 4.62. The van der Waals surface area contributed by atoms with Crippen LogP contribution in [0.1, 0.15) is 20.8 Å². The largest absolute Gasteiger partial charge is 0.497 e. The van der Waals surface area contributed by atoms with Crippen molar-refractivity contribution in [2.75, 3.05) is 12.4 Å². The molecule has 3 N–H and O–H groups in total. The van der Waals surface area contributed by atoms with Gasteiger partial charge in [-0.1, -0.05) is 32.9 Å². The van der Waals surface area contributed by atoms with Crippen molar-refractivity contribution in [3.8, 4) is 39.5 Å². The van der Waals surface area contributed by atoms with E-state index < -0.39 is 5.41 Å². The number of amides is 1. The van der Waals surface area contributed by atoms with E-state index in [9.17, 15) is 9.18 Å². The minimum absolute atomic E-state index is 0.0955. The normalized spacial score (nSPS) is 11.7. The molecule has 8 nitrogen and oxygen atoms in total. The highest BCUT2D eigenvalue weighted by Gasteiger charge is 2.21. The molecule has 0 saturated heterocycles. The number of aromatic nitrogens is 5. The zero-order valence-electron chi connectivity index (χ0n) is 22.5. The van der Waals surface area contributed by atoms with Crippen LogP contribution in [0.3, 0.4) is 0 Å². The summed E-state index contributed by atoms with van der Waals surface area (Å²) in [4.78, 5) is 24.8. The van der Waals surface area contributed by atoms with Crippen LogP contribution in [-0.2, 0) is 4.79 Å². The summed E-state index contributed by atoms with van der Waals surface area (Å²) >= 11 is 0. The lowest BCUT2D eigenvalue weighted by Gasteiger charge is -2.17. The van der Waals surface area contributed by atoms with Crippen molar-refractivity contribution in [3.63, 3.8) is 0 Å². The number of hydrogen-bond acceptors (Lipinski definition) is 5. The van der Waals surface area contributed by atoms with Gasteiger partial charge in [0.15, 0.2) is 0 Å². The van der Waals surface area contributed by atoms with Crippen molar-refractivity contribution < 1.29 is 13.9 Å². The number of halogens is 1. The SMILES string of the molecule is COc1cc(F)cc(-c2cccc3[nH]c(-c4n[nH]c5cnc(-c6cncc(NC(=O)C(C)(C)C)c6)cc45)cc23)c1. The van der Waals surface area contributed by atoms with Gasteiger partial charge < -0.3 is 15.0 Å². The summed E-state index contributed by atoms with van der Waals surface area (Å²) in [5, 5.41) is 12.4. The first-order valence-electron chi connectivity index (χ1n) is 12.8. The van der Waals surface area contributed by atoms with Crippen LogP contribution in [0.5, 0.6) is 5.75 Å². The molecule has 1 amide bonds. The van der Waals surface area contributed by atoms with Crippen LogP contribution in [0, 0.1) is 11.2 Å². The van der Waals surface area contributed by atoms with Gasteiger partial charge in [-0.15, -0.1) is 0 Å². The number of carbonyl (C=O) groups is 1. The van der Waals surface area contributed by atoms with E-state index in [0.29, 0.717) is 17.1 Å². The van der Waals surface area contributed by atoms with E-state index in [4.69, 9.17) is 4.74 Å². The Balaban J connectivity index is 1.40. The molecule has 0 radical (unpaired) electrons. The monoisotopic (exact) mass is 534 g/mol. The van der Waals surface area contributed by atoms with Crippen molar-refractivity contribution in [1.82, 2.24) is 25.1 Å². The van der Waals surface area contributed by atoms with Gasteiger partial charge >= 0.3 is 0 Å². The van der Waals surface area contributed by atoms with E-state index in [1.165, 1.54) is 19.2 Å². The molecule has 0 spiro atoms. The molecule has 0 bridgehead atoms. The third-order valence-electron chi connectivity index (χ3n) is 6.76. The van der Waals surface area contributed by atoms with E-state index in [2.05, 4.69) is 30.5 Å². The van der Waals surface area contributed by atoms with Crippen molar-refractivity contribution in [2.45, 2.75) is 20.8 Å². The Kier molecular flexibility index (Phi) is 6.06. The lowest BCUT2D eigenvalue weighted by molar-refractivity contribution is -0.123. The highest BCUT2D eigenvalue weighted by atomic mass is 19.1. The van der Waals surface area contributed by atoms with E-state index in [1.807, 2.05) is 63.2 Å². The highest BCUT2D eigenvalue weighted by Crippen LogP contribution is 2.36.